The maximum absolute atomic E-state index is 12.0. The Morgan fingerprint density at radius 1 is 0.931 bits per heavy atom. The third-order valence-corrected chi connectivity index (χ3v) is 5.96. The van der Waals surface area contributed by atoms with Gasteiger partial charge in [0.15, 0.2) is 0 Å². The van der Waals surface area contributed by atoms with E-state index in [1.54, 1.807) is 12.1 Å². The van der Waals surface area contributed by atoms with Gasteiger partial charge in [-0.1, -0.05) is 17.7 Å². The second-order valence-electron chi connectivity index (χ2n) is 6.72. The van der Waals surface area contributed by atoms with Crippen LogP contribution in [0.15, 0.2) is 53.4 Å². The van der Waals surface area contributed by atoms with Crippen molar-refractivity contribution in [2.24, 2.45) is 0 Å². The first-order chi connectivity index (χ1) is 13.8. The predicted molar refractivity (Wildman–Crippen MR) is 112 cm³/mol. The van der Waals surface area contributed by atoms with E-state index in [1.165, 1.54) is 31.8 Å². The van der Waals surface area contributed by atoms with Crippen molar-refractivity contribution in [2.75, 3.05) is 33.9 Å². The molecule has 1 N–H and O–H groups in total. The van der Waals surface area contributed by atoms with E-state index in [1.807, 2.05) is 31.2 Å². The molecule has 0 aromatic heterocycles. The van der Waals surface area contributed by atoms with Crippen LogP contribution in [0.25, 0.3) is 0 Å². The molecule has 0 fully saturated rings. The Morgan fingerprint density at radius 2 is 1.48 bits per heavy atom. The minimum atomic E-state index is -3.45. The zero-order chi connectivity index (χ0) is 21.3. The lowest BCUT2D eigenvalue weighted by Crippen LogP contribution is -2.28. The molecule has 7 nitrogen and oxygen atoms in total. The van der Waals surface area contributed by atoms with Gasteiger partial charge in [0, 0.05) is 20.5 Å². The zero-order valence-corrected chi connectivity index (χ0v) is 17.9. The summed E-state index contributed by atoms with van der Waals surface area (Å²) in [5.41, 5.74) is 1.17. The van der Waals surface area contributed by atoms with Crippen LogP contribution in [0.1, 0.15) is 18.4 Å². The number of nitrogens with zero attached hydrogens (tertiary/aromatic N) is 1. The fraction of sp³-hybridized carbons (Fsp3) is 0.381. The van der Waals surface area contributed by atoms with Gasteiger partial charge in [-0.15, -0.1) is 0 Å². The number of ether oxygens (including phenoxy) is 2. The summed E-state index contributed by atoms with van der Waals surface area (Å²) in [6.45, 7) is 3.17. The van der Waals surface area contributed by atoms with Crippen LogP contribution in [-0.2, 0) is 14.8 Å². The second kappa shape index (κ2) is 10.8. The van der Waals surface area contributed by atoms with Gasteiger partial charge in [-0.2, -0.15) is 0 Å². The van der Waals surface area contributed by atoms with Crippen molar-refractivity contribution in [3.8, 4) is 11.5 Å². The van der Waals surface area contributed by atoms with Gasteiger partial charge in [0.2, 0.25) is 15.9 Å². The van der Waals surface area contributed by atoms with Gasteiger partial charge in [-0.3, -0.25) is 4.79 Å². The van der Waals surface area contributed by atoms with Crippen LogP contribution in [0.4, 0.5) is 0 Å². The van der Waals surface area contributed by atoms with Crippen LogP contribution in [0.2, 0.25) is 0 Å². The molecule has 8 heteroatoms. The maximum atomic E-state index is 12.0. The highest BCUT2D eigenvalue weighted by Gasteiger charge is 2.16. The van der Waals surface area contributed by atoms with Crippen molar-refractivity contribution in [3.05, 3.63) is 54.1 Å². The van der Waals surface area contributed by atoms with E-state index in [9.17, 15) is 13.2 Å². The third kappa shape index (κ3) is 7.40. The summed E-state index contributed by atoms with van der Waals surface area (Å²) >= 11 is 0. The molecule has 0 aliphatic carbocycles. The van der Waals surface area contributed by atoms with Gasteiger partial charge in [-0.25, -0.2) is 12.7 Å². The molecular formula is C21H28N2O5S. The predicted octanol–water partition coefficient (Wildman–Crippen LogP) is 2.60. The summed E-state index contributed by atoms with van der Waals surface area (Å²) in [5.74, 6) is 1.28. The van der Waals surface area contributed by atoms with Gasteiger partial charge < -0.3 is 14.8 Å². The van der Waals surface area contributed by atoms with Gasteiger partial charge in [0.05, 0.1) is 18.0 Å². The fourth-order valence-corrected chi connectivity index (χ4v) is 3.33. The smallest absolute Gasteiger partial charge is 0.242 e. The normalized spacial score (nSPS) is 11.3. The first kappa shape index (κ1) is 22.7. The lowest BCUT2D eigenvalue weighted by molar-refractivity contribution is -0.121. The van der Waals surface area contributed by atoms with Gasteiger partial charge in [0.25, 0.3) is 0 Å². The number of hydrogen-bond donors (Lipinski definition) is 1. The molecule has 0 bridgehead atoms. The highest BCUT2D eigenvalue weighted by molar-refractivity contribution is 7.89. The molecule has 0 heterocycles. The Morgan fingerprint density at radius 3 is 2.07 bits per heavy atom. The van der Waals surface area contributed by atoms with Crippen LogP contribution >= 0.6 is 0 Å². The van der Waals surface area contributed by atoms with E-state index < -0.39 is 10.0 Å². The maximum Gasteiger partial charge on any atom is 0.242 e. The Kier molecular flexibility index (Phi) is 8.48. The molecule has 0 unspecified atom stereocenters. The van der Waals surface area contributed by atoms with E-state index in [-0.39, 0.29) is 10.8 Å². The highest BCUT2D eigenvalue weighted by Crippen LogP contribution is 2.18. The Hall–Kier alpha value is -2.58. The quantitative estimate of drug-likeness (QED) is 0.565. The number of hydrogen-bond acceptors (Lipinski definition) is 5. The summed E-state index contributed by atoms with van der Waals surface area (Å²) in [7, 11) is -0.484. The van der Waals surface area contributed by atoms with E-state index in [0.717, 1.165) is 10.1 Å². The summed E-state index contributed by atoms with van der Waals surface area (Å²) in [4.78, 5) is 12.0. The molecule has 0 saturated heterocycles. The SMILES string of the molecule is Cc1ccc(OCCCC(=O)NCCOc2ccc(S(=O)(=O)N(C)C)cc2)cc1. The average Bonchev–Trinajstić information content (AvgIpc) is 2.70. The molecule has 2 aromatic rings. The minimum absolute atomic E-state index is 0.0615. The molecule has 2 aromatic carbocycles. The number of nitrogens with one attached hydrogen (secondary N) is 1. The number of amides is 1. The van der Waals surface area contributed by atoms with Gasteiger partial charge in [-0.05, 0) is 49.7 Å². The van der Waals surface area contributed by atoms with Crippen LogP contribution in [0.3, 0.4) is 0 Å². The van der Waals surface area contributed by atoms with Crippen LogP contribution in [0.5, 0.6) is 11.5 Å². The molecular weight excluding hydrogens is 392 g/mol. The fourth-order valence-electron chi connectivity index (χ4n) is 2.42. The molecule has 158 valence electrons. The van der Waals surface area contributed by atoms with E-state index in [0.29, 0.717) is 38.3 Å². The van der Waals surface area contributed by atoms with Crippen molar-refractivity contribution in [3.63, 3.8) is 0 Å². The number of carbonyl (C=O) groups is 1. The van der Waals surface area contributed by atoms with Crippen LogP contribution < -0.4 is 14.8 Å². The minimum Gasteiger partial charge on any atom is -0.494 e. The molecule has 0 saturated carbocycles. The van der Waals surface area contributed by atoms with E-state index >= 15 is 0 Å². The molecule has 0 radical (unpaired) electrons. The number of rotatable bonds is 11. The molecule has 29 heavy (non-hydrogen) atoms. The molecule has 0 aliphatic rings. The van der Waals surface area contributed by atoms with Crippen molar-refractivity contribution < 1.29 is 22.7 Å². The van der Waals surface area contributed by atoms with E-state index in [2.05, 4.69) is 5.32 Å². The number of aryl methyl sites for hydroxylation is 1. The van der Waals surface area contributed by atoms with Gasteiger partial charge in [0.1, 0.15) is 18.1 Å². The topological polar surface area (TPSA) is 84.9 Å². The molecule has 0 atom stereocenters. The summed E-state index contributed by atoms with van der Waals surface area (Å²) < 4.78 is 36.3. The molecule has 0 spiro atoms. The van der Waals surface area contributed by atoms with Crippen molar-refractivity contribution >= 4 is 15.9 Å². The van der Waals surface area contributed by atoms with Crippen molar-refractivity contribution in [2.45, 2.75) is 24.7 Å². The summed E-state index contributed by atoms with van der Waals surface area (Å²) in [6.07, 6.45) is 1.01. The van der Waals surface area contributed by atoms with Crippen LogP contribution in [-0.4, -0.2) is 52.5 Å². The number of carbonyl (C=O) groups excluding carboxylic acids is 1. The monoisotopic (exact) mass is 420 g/mol. The van der Waals surface area contributed by atoms with Crippen molar-refractivity contribution in [1.29, 1.82) is 0 Å². The standard InChI is InChI=1S/C21H28N2O5S/c1-17-6-8-18(9-7-17)27-15-4-5-21(24)22-14-16-28-19-10-12-20(13-11-19)29(25,26)23(2)3/h6-13H,4-5,14-16H2,1-3H3,(H,22,24). The first-order valence-corrected chi connectivity index (χ1v) is 10.8. The van der Waals surface area contributed by atoms with Crippen LogP contribution in [0, 0.1) is 6.92 Å². The Labute approximate surface area is 172 Å². The van der Waals surface area contributed by atoms with Crippen molar-refractivity contribution in [1.82, 2.24) is 9.62 Å². The molecule has 0 aliphatic heterocycles. The van der Waals surface area contributed by atoms with E-state index in [4.69, 9.17) is 9.47 Å². The lowest BCUT2D eigenvalue weighted by atomic mass is 10.2. The Balaban J connectivity index is 1.61. The van der Waals surface area contributed by atoms with Gasteiger partial charge >= 0.3 is 0 Å². The average molecular weight is 421 g/mol. The second-order valence-corrected chi connectivity index (χ2v) is 8.87. The third-order valence-electron chi connectivity index (χ3n) is 4.13. The zero-order valence-electron chi connectivity index (χ0n) is 17.1. The number of benzene rings is 2. The lowest BCUT2D eigenvalue weighted by Gasteiger charge is -2.12. The highest BCUT2D eigenvalue weighted by atomic mass is 32.2. The summed E-state index contributed by atoms with van der Waals surface area (Å²) in [5, 5.41) is 2.79. The Bertz CT molecular complexity index is 878. The molecule has 2 rings (SSSR count). The largest absolute Gasteiger partial charge is 0.494 e. The first-order valence-electron chi connectivity index (χ1n) is 9.40. The summed E-state index contributed by atoms with van der Waals surface area (Å²) in [6, 6.07) is 14.0. The number of sulfonamides is 1. The molecule has 1 amide bonds.